The lowest BCUT2D eigenvalue weighted by atomic mass is 10.5. The van der Waals surface area contributed by atoms with Crippen LogP contribution in [0.1, 0.15) is 0 Å². The Morgan fingerprint density at radius 2 is 2.33 bits per heavy atom. The van der Waals surface area contributed by atoms with Crippen LogP contribution >= 0.6 is 12.2 Å². The Morgan fingerprint density at radius 3 is 2.33 bits per heavy atom. The SMILES string of the molecule is OCC(O)[C]=S. The van der Waals surface area contributed by atoms with E-state index in [-0.39, 0.29) is 6.61 Å². The highest BCUT2D eigenvalue weighted by molar-refractivity contribution is 7.79. The maximum Gasteiger partial charge on any atom is 0.113 e. The molecule has 3 heteroatoms. The van der Waals surface area contributed by atoms with Crippen LogP contribution in [0.3, 0.4) is 0 Å². The highest BCUT2D eigenvalue weighted by Gasteiger charge is 1.90. The number of hydrogen-bond acceptors (Lipinski definition) is 3. The van der Waals surface area contributed by atoms with Gasteiger partial charge in [0, 0.05) is 0 Å². The molecule has 0 aliphatic heterocycles. The number of rotatable bonds is 2. The van der Waals surface area contributed by atoms with E-state index in [4.69, 9.17) is 10.2 Å². The Balaban J connectivity index is 2.96. The third-order valence-corrected chi connectivity index (χ3v) is 0.581. The first-order valence-electron chi connectivity index (χ1n) is 1.48. The molecule has 0 saturated carbocycles. The van der Waals surface area contributed by atoms with E-state index in [1.165, 1.54) is 0 Å². The summed E-state index contributed by atoms with van der Waals surface area (Å²) in [5, 5.41) is 18.2. The largest absolute Gasteiger partial charge is 0.393 e. The van der Waals surface area contributed by atoms with Crippen molar-refractivity contribution in [3.05, 3.63) is 0 Å². The molecule has 2 N–H and O–H groups in total. The van der Waals surface area contributed by atoms with Crippen molar-refractivity contribution in [2.45, 2.75) is 6.10 Å². The summed E-state index contributed by atoms with van der Waals surface area (Å²) in [4.78, 5) is 0. The molecular formula is C3H5O2S. The van der Waals surface area contributed by atoms with Crippen LogP contribution in [-0.4, -0.2) is 28.3 Å². The van der Waals surface area contributed by atoms with Crippen LogP contribution in [0.25, 0.3) is 0 Å². The molecule has 0 aliphatic rings. The fraction of sp³-hybridized carbons (Fsp3) is 0.667. The molecule has 0 bridgehead atoms. The average molecular weight is 105 g/mol. The lowest BCUT2D eigenvalue weighted by molar-refractivity contribution is 0.149. The number of hydrogen-bond donors (Lipinski definition) is 2. The molecule has 6 heavy (non-hydrogen) atoms. The fourth-order valence-electron chi connectivity index (χ4n) is 0.0373. The van der Waals surface area contributed by atoms with Crippen LogP contribution in [0, 0.1) is 0 Å². The van der Waals surface area contributed by atoms with Crippen molar-refractivity contribution < 1.29 is 10.2 Å². The zero-order valence-corrected chi connectivity index (χ0v) is 3.90. The molecule has 1 atom stereocenters. The van der Waals surface area contributed by atoms with Gasteiger partial charge in [0.05, 0.1) is 12.0 Å². The second-order valence-corrected chi connectivity index (χ2v) is 1.05. The molecule has 0 fully saturated rings. The van der Waals surface area contributed by atoms with E-state index in [2.05, 4.69) is 12.2 Å². The van der Waals surface area contributed by atoms with E-state index in [1.807, 2.05) is 5.37 Å². The molecule has 2 nitrogen and oxygen atoms in total. The van der Waals surface area contributed by atoms with Crippen LogP contribution in [0.2, 0.25) is 0 Å². The van der Waals surface area contributed by atoms with Crippen molar-refractivity contribution in [1.82, 2.24) is 0 Å². The lowest BCUT2D eigenvalue weighted by Crippen LogP contribution is -2.10. The molecule has 0 aliphatic carbocycles. The van der Waals surface area contributed by atoms with Crippen LogP contribution < -0.4 is 0 Å². The monoisotopic (exact) mass is 105 g/mol. The number of aliphatic hydroxyl groups excluding tert-OH is 2. The quantitative estimate of drug-likeness (QED) is 0.452. The summed E-state index contributed by atoms with van der Waals surface area (Å²) >= 11 is 4.11. The molecule has 1 radical (unpaired) electrons. The Labute approximate surface area is 41.4 Å². The summed E-state index contributed by atoms with van der Waals surface area (Å²) in [6.07, 6.45) is -0.944. The molecule has 0 aromatic carbocycles. The smallest absolute Gasteiger partial charge is 0.113 e. The normalized spacial score (nSPS) is 13.7. The van der Waals surface area contributed by atoms with Crippen molar-refractivity contribution in [2.75, 3.05) is 6.61 Å². The Bertz CT molecular complexity index is 46.1. The van der Waals surface area contributed by atoms with E-state index >= 15 is 0 Å². The van der Waals surface area contributed by atoms with Crippen molar-refractivity contribution in [1.29, 1.82) is 0 Å². The maximum absolute atomic E-state index is 8.20. The molecule has 0 rings (SSSR count). The van der Waals surface area contributed by atoms with E-state index in [0.29, 0.717) is 0 Å². The molecule has 0 aromatic rings. The summed E-state index contributed by atoms with van der Waals surface area (Å²) < 4.78 is 0. The van der Waals surface area contributed by atoms with Gasteiger partial charge in [-0.3, -0.25) is 0 Å². The van der Waals surface area contributed by atoms with E-state index in [1.54, 1.807) is 0 Å². The number of thiocarbonyl (C=S) groups is 1. The second kappa shape index (κ2) is 3.21. The second-order valence-electron chi connectivity index (χ2n) is 0.816. The van der Waals surface area contributed by atoms with Gasteiger partial charge in [-0.2, -0.15) is 0 Å². The summed E-state index contributed by atoms with van der Waals surface area (Å²) in [5.41, 5.74) is 0. The minimum Gasteiger partial charge on any atom is -0.393 e. The van der Waals surface area contributed by atoms with Gasteiger partial charge in [0.1, 0.15) is 6.10 Å². The van der Waals surface area contributed by atoms with Crippen molar-refractivity contribution in [3.63, 3.8) is 0 Å². The van der Waals surface area contributed by atoms with Gasteiger partial charge in [-0.1, -0.05) is 12.2 Å². The molecule has 0 saturated heterocycles. The standard InChI is InChI=1S/C3H5O2S/c4-1-3(5)2-6/h3-5H,1H2. The van der Waals surface area contributed by atoms with E-state index in [0.717, 1.165) is 0 Å². The zero-order chi connectivity index (χ0) is 4.99. The van der Waals surface area contributed by atoms with Gasteiger partial charge in [-0.25, -0.2) is 0 Å². The van der Waals surface area contributed by atoms with Crippen LogP contribution in [-0.2, 0) is 0 Å². The first-order valence-corrected chi connectivity index (χ1v) is 1.88. The highest BCUT2D eigenvalue weighted by atomic mass is 32.1. The molecule has 0 spiro atoms. The molecule has 0 amide bonds. The van der Waals surface area contributed by atoms with Crippen molar-refractivity contribution in [2.24, 2.45) is 0 Å². The molecular weight excluding hydrogens is 100 g/mol. The predicted molar refractivity (Wildman–Crippen MR) is 25.7 cm³/mol. The molecule has 0 heterocycles. The summed E-state index contributed by atoms with van der Waals surface area (Å²) in [7, 11) is 0. The average Bonchev–Trinajstić information content (AvgIpc) is 1.65. The zero-order valence-electron chi connectivity index (χ0n) is 3.09. The third-order valence-electron chi connectivity index (χ3n) is 0.309. The van der Waals surface area contributed by atoms with Gasteiger partial charge >= 0.3 is 0 Å². The first-order chi connectivity index (χ1) is 2.81. The van der Waals surface area contributed by atoms with Gasteiger partial charge in [0.2, 0.25) is 0 Å². The topological polar surface area (TPSA) is 40.5 Å². The molecule has 1 unspecified atom stereocenters. The van der Waals surface area contributed by atoms with Crippen molar-refractivity contribution in [3.8, 4) is 0 Å². The molecule has 35 valence electrons. The van der Waals surface area contributed by atoms with Gasteiger partial charge in [-0.15, -0.1) is 0 Å². The van der Waals surface area contributed by atoms with Crippen LogP contribution in [0.5, 0.6) is 0 Å². The van der Waals surface area contributed by atoms with Gasteiger partial charge in [0.15, 0.2) is 0 Å². The summed E-state index contributed by atoms with van der Waals surface area (Å²) in [6, 6.07) is 0. The third kappa shape index (κ3) is 2.26. The van der Waals surface area contributed by atoms with Crippen molar-refractivity contribution >= 4 is 17.6 Å². The minimum absolute atomic E-state index is 0.330. The van der Waals surface area contributed by atoms with Gasteiger partial charge in [0.25, 0.3) is 0 Å². The number of aliphatic hydroxyl groups is 2. The predicted octanol–water partition coefficient (Wildman–Crippen LogP) is -0.784. The highest BCUT2D eigenvalue weighted by Crippen LogP contribution is 1.69. The van der Waals surface area contributed by atoms with E-state index < -0.39 is 6.10 Å². The Kier molecular flexibility index (Phi) is 3.21. The molecule has 0 aromatic heterocycles. The Morgan fingerprint density at radius 1 is 1.83 bits per heavy atom. The summed E-state index contributed by atoms with van der Waals surface area (Å²) in [5.74, 6) is 0. The van der Waals surface area contributed by atoms with Gasteiger partial charge in [-0.05, 0) is 0 Å². The minimum atomic E-state index is -0.944. The first kappa shape index (κ1) is 6.01. The maximum atomic E-state index is 8.20. The van der Waals surface area contributed by atoms with E-state index in [9.17, 15) is 0 Å². The van der Waals surface area contributed by atoms with Gasteiger partial charge < -0.3 is 10.2 Å². The van der Waals surface area contributed by atoms with Crippen LogP contribution in [0.4, 0.5) is 0 Å². The summed E-state index contributed by atoms with van der Waals surface area (Å²) in [6.45, 7) is -0.330. The lowest BCUT2D eigenvalue weighted by Gasteiger charge is -1.90. The fourth-order valence-corrected chi connectivity index (χ4v) is 0.112. The van der Waals surface area contributed by atoms with Crippen LogP contribution in [0.15, 0.2) is 0 Å². The Hall–Kier alpha value is 0.01000.